The number of alkyl halides is 3. The molecule has 0 N–H and O–H groups in total. The highest BCUT2D eigenvalue weighted by Gasteiger charge is 2.31. The van der Waals surface area contributed by atoms with Crippen LogP contribution in [0.4, 0.5) is 13.2 Å². The van der Waals surface area contributed by atoms with Gasteiger partial charge < -0.3 is 9.47 Å². The van der Waals surface area contributed by atoms with E-state index < -0.39 is 24.7 Å². The molecule has 0 aliphatic heterocycles. The van der Waals surface area contributed by atoms with E-state index in [9.17, 15) is 22.8 Å². The van der Waals surface area contributed by atoms with Crippen molar-refractivity contribution in [3.8, 4) is 5.75 Å². The number of esters is 2. The van der Waals surface area contributed by atoms with Crippen molar-refractivity contribution >= 4 is 22.7 Å². The zero-order chi connectivity index (χ0) is 15.5. The molecule has 2 aromatic rings. The van der Waals surface area contributed by atoms with E-state index in [4.69, 9.17) is 0 Å². The van der Waals surface area contributed by atoms with Gasteiger partial charge in [-0.05, 0) is 22.9 Å². The van der Waals surface area contributed by atoms with Crippen LogP contribution in [0, 0.1) is 0 Å². The molecular formula is C14H9F3O4. The van der Waals surface area contributed by atoms with E-state index in [2.05, 4.69) is 9.47 Å². The number of rotatable bonds is 2. The summed E-state index contributed by atoms with van der Waals surface area (Å²) in [5, 5.41) is 1.64. The van der Waals surface area contributed by atoms with Gasteiger partial charge in [-0.1, -0.05) is 30.3 Å². The molecule has 0 radical (unpaired) electrons. The lowest BCUT2D eigenvalue weighted by Crippen LogP contribution is -2.28. The summed E-state index contributed by atoms with van der Waals surface area (Å²) in [5.74, 6) is -3.15. The van der Waals surface area contributed by atoms with Gasteiger partial charge in [-0.25, -0.2) is 9.59 Å². The summed E-state index contributed by atoms with van der Waals surface area (Å²) in [7, 11) is 0. The molecule has 21 heavy (non-hydrogen) atoms. The number of ether oxygens (including phenoxy) is 2. The fourth-order valence-corrected chi connectivity index (χ4v) is 1.59. The molecule has 0 aromatic heterocycles. The van der Waals surface area contributed by atoms with E-state index in [0.717, 1.165) is 10.8 Å². The third-order valence-corrected chi connectivity index (χ3v) is 2.47. The van der Waals surface area contributed by atoms with Gasteiger partial charge in [0.2, 0.25) is 0 Å². The molecule has 0 saturated carbocycles. The van der Waals surface area contributed by atoms with E-state index in [-0.39, 0.29) is 5.75 Å². The lowest BCUT2D eigenvalue weighted by Gasteiger charge is -2.08. The maximum absolute atomic E-state index is 11.9. The Morgan fingerprint density at radius 1 is 0.952 bits per heavy atom. The lowest BCUT2D eigenvalue weighted by molar-refractivity contribution is -0.190. The van der Waals surface area contributed by atoms with Gasteiger partial charge in [0.25, 0.3) is 0 Å². The zero-order valence-corrected chi connectivity index (χ0v) is 10.5. The Morgan fingerprint density at radius 2 is 1.62 bits per heavy atom. The minimum absolute atomic E-state index is 0.0441. The monoisotopic (exact) mass is 298 g/mol. The summed E-state index contributed by atoms with van der Waals surface area (Å²) in [5.41, 5.74) is 0. The lowest BCUT2D eigenvalue weighted by atomic mass is 10.1. The first kappa shape index (κ1) is 14.8. The first-order valence-electron chi connectivity index (χ1n) is 5.80. The van der Waals surface area contributed by atoms with E-state index in [1.54, 1.807) is 18.2 Å². The molecule has 2 aromatic carbocycles. The number of halogens is 3. The van der Waals surface area contributed by atoms with Crippen molar-refractivity contribution in [1.82, 2.24) is 0 Å². The van der Waals surface area contributed by atoms with Gasteiger partial charge in [0.15, 0.2) is 6.61 Å². The van der Waals surface area contributed by atoms with E-state index in [0.29, 0.717) is 0 Å². The SMILES string of the molecule is O=C(OCC(F)(F)F)C(=O)Oc1ccc2ccccc2c1. The average Bonchev–Trinajstić information content (AvgIpc) is 2.43. The van der Waals surface area contributed by atoms with E-state index in [1.807, 2.05) is 12.1 Å². The molecule has 0 unspecified atom stereocenters. The number of hydrogen-bond acceptors (Lipinski definition) is 4. The van der Waals surface area contributed by atoms with Crippen molar-refractivity contribution in [2.45, 2.75) is 6.18 Å². The van der Waals surface area contributed by atoms with Crippen LogP contribution in [0.2, 0.25) is 0 Å². The van der Waals surface area contributed by atoms with Gasteiger partial charge in [-0.2, -0.15) is 13.2 Å². The standard InChI is InChI=1S/C14H9F3O4/c15-14(16,17)8-20-12(18)13(19)21-11-6-5-9-3-1-2-4-10(9)7-11/h1-7H,8H2. The second-order valence-corrected chi connectivity index (χ2v) is 4.09. The van der Waals surface area contributed by atoms with Crippen LogP contribution in [-0.2, 0) is 14.3 Å². The van der Waals surface area contributed by atoms with Crippen LogP contribution < -0.4 is 4.74 Å². The molecule has 2 rings (SSSR count). The molecule has 110 valence electrons. The van der Waals surface area contributed by atoms with Crippen molar-refractivity contribution in [3.63, 3.8) is 0 Å². The Hall–Kier alpha value is -2.57. The van der Waals surface area contributed by atoms with Crippen molar-refractivity contribution in [3.05, 3.63) is 42.5 Å². The molecule has 0 atom stereocenters. The third kappa shape index (κ3) is 4.20. The molecule has 0 bridgehead atoms. The zero-order valence-electron chi connectivity index (χ0n) is 10.5. The highest BCUT2D eigenvalue weighted by molar-refractivity contribution is 6.30. The summed E-state index contributed by atoms with van der Waals surface area (Å²) in [6, 6.07) is 11.8. The molecule has 0 saturated heterocycles. The van der Waals surface area contributed by atoms with E-state index in [1.165, 1.54) is 12.1 Å². The minimum Gasteiger partial charge on any atom is -0.448 e. The fraction of sp³-hybridized carbons (Fsp3) is 0.143. The highest BCUT2D eigenvalue weighted by atomic mass is 19.4. The largest absolute Gasteiger partial charge is 0.448 e. The van der Waals surface area contributed by atoms with Gasteiger partial charge in [0.05, 0.1) is 0 Å². The van der Waals surface area contributed by atoms with Crippen molar-refractivity contribution in [2.24, 2.45) is 0 Å². The molecule has 0 spiro atoms. The Morgan fingerprint density at radius 3 is 2.29 bits per heavy atom. The maximum Gasteiger partial charge on any atom is 0.422 e. The van der Waals surface area contributed by atoms with E-state index >= 15 is 0 Å². The van der Waals surface area contributed by atoms with Crippen LogP contribution in [0.5, 0.6) is 5.75 Å². The maximum atomic E-state index is 11.9. The van der Waals surface area contributed by atoms with Gasteiger partial charge in [-0.15, -0.1) is 0 Å². The Balaban J connectivity index is 2.02. The molecule has 0 heterocycles. The molecule has 7 heteroatoms. The van der Waals surface area contributed by atoms with Gasteiger partial charge in [-0.3, -0.25) is 0 Å². The fourth-order valence-electron chi connectivity index (χ4n) is 1.59. The Bertz CT molecular complexity index is 679. The van der Waals surface area contributed by atoms with Crippen molar-refractivity contribution < 1.29 is 32.2 Å². The smallest absolute Gasteiger partial charge is 0.422 e. The predicted molar refractivity (Wildman–Crippen MR) is 66.6 cm³/mol. The minimum atomic E-state index is -4.70. The van der Waals surface area contributed by atoms with Crippen LogP contribution >= 0.6 is 0 Å². The number of benzene rings is 2. The number of hydrogen-bond donors (Lipinski definition) is 0. The number of fused-ring (bicyclic) bond motifs is 1. The predicted octanol–water partition coefficient (Wildman–Crippen LogP) is 2.85. The van der Waals surface area contributed by atoms with Crippen LogP contribution in [0.15, 0.2) is 42.5 Å². The Labute approximate surface area is 117 Å². The Kier molecular flexibility index (Phi) is 4.11. The molecule has 0 aliphatic carbocycles. The summed E-state index contributed by atoms with van der Waals surface area (Å²) < 4.78 is 44.0. The molecule has 0 aliphatic rings. The van der Waals surface area contributed by atoms with Gasteiger partial charge in [0.1, 0.15) is 5.75 Å². The summed E-state index contributed by atoms with van der Waals surface area (Å²) in [6.07, 6.45) is -4.70. The topological polar surface area (TPSA) is 52.6 Å². The molecule has 4 nitrogen and oxygen atoms in total. The second-order valence-electron chi connectivity index (χ2n) is 4.09. The van der Waals surface area contributed by atoms with Crippen molar-refractivity contribution in [1.29, 1.82) is 0 Å². The molecular weight excluding hydrogens is 289 g/mol. The molecule has 0 amide bonds. The normalized spacial score (nSPS) is 11.2. The van der Waals surface area contributed by atoms with Crippen molar-refractivity contribution in [2.75, 3.05) is 6.61 Å². The highest BCUT2D eigenvalue weighted by Crippen LogP contribution is 2.21. The van der Waals surface area contributed by atoms with Crippen LogP contribution in [0.1, 0.15) is 0 Å². The van der Waals surface area contributed by atoms with Crippen LogP contribution in [0.3, 0.4) is 0 Å². The first-order chi connectivity index (χ1) is 9.85. The number of carbonyl (C=O) groups excluding carboxylic acids is 2. The first-order valence-corrected chi connectivity index (χ1v) is 5.80. The summed E-state index contributed by atoms with van der Waals surface area (Å²) in [4.78, 5) is 22.4. The average molecular weight is 298 g/mol. The third-order valence-electron chi connectivity index (χ3n) is 2.47. The summed E-state index contributed by atoms with van der Waals surface area (Å²) in [6.45, 7) is -1.83. The summed E-state index contributed by atoms with van der Waals surface area (Å²) >= 11 is 0. The molecule has 0 fully saturated rings. The van der Waals surface area contributed by atoms with Gasteiger partial charge in [0, 0.05) is 0 Å². The van der Waals surface area contributed by atoms with Crippen LogP contribution in [-0.4, -0.2) is 24.7 Å². The van der Waals surface area contributed by atoms with Gasteiger partial charge >= 0.3 is 18.1 Å². The quantitative estimate of drug-likeness (QED) is 0.486. The number of carbonyl (C=O) groups is 2. The van der Waals surface area contributed by atoms with Crippen LogP contribution in [0.25, 0.3) is 10.8 Å². The second kappa shape index (κ2) is 5.82.